The highest BCUT2D eigenvalue weighted by Crippen LogP contribution is 2.11. The second kappa shape index (κ2) is 3.37. The van der Waals surface area contributed by atoms with Crippen LogP contribution in [0.4, 0.5) is 0 Å². The summed E-state index contributed by atoms with van der Waals surface area (Å²) in [5, 5.41) is 6.42. The number of halogens is 1. The molecule has 0 N–H and O–H groups in total. The number of hydrazone groups is 1. The van der Waals surface area contributed by atoms with Gasteiger partial charge in [-0.05, 0) is 21.8 Å². The van der Waals surface area contributed by atoms with Crippen molar-refractivity contribution in [1.29, 1.82) is 0 Å². The van der Waals surface area contributed by atoms with E-state index in [9.17, 15) is 0 Å². The molecule has 2 nitrogen and oxygen atoms in total. The van der Waals surface area contributed by atoms with Crippen molar-refractivity contribution in [3.63, 3.8) is 0 Å². The van der Waals surface area contributed by atoms with E-state index in [0.29, 0.717) is 5.92 Å². The molecule has 3 heteroatoms. The maximum atomic E-state index is 4.30. The van der Waals surface area contributed by atoms with E-state index in [1.54, 1.807) is 0 Å². The average Bonchev–Trinajstić information content (AvgIpc) is 2.13. The molecule has 1 aliphatic rings. The van der Waals surface area contributed by atoms with Crippen LogP contribution >= 0.6 is 15.9 Å². The van der Waals surface area contributed by atoms with Crippen LogP contribution in [0.2, 0.25) is 0 Å². The second-order valence-corrected chi connectivity index (χ2v) is 3.95. The lowest BCUT2D eigenvalue weighted by molar-refractivity contribution is 0.281. The van der Waals surface area contributed by atoms with Crippen LogP contribution in [0.25, 0.3) is 0 Å². The normalized spacial score (nSPS) is 18.4. The first-order valence-electron chi connectivity index (χ1n) is 3.66. The molecule has 0 aromatic carbocycles. The quantitative estimate of drug-likeness (QED) is 0.673. The van der Waals surface area contributed by atoms with E-state index in [1.807, 2.05) is 0 Å². The second-order valence-electron chi connectivity index (χ2n) is 3.03. The van der Waals surface area contributed by atoms with Gasteiger partial charge in [-0.2, -0.15) is 5.10 Å². The molecule has 0 bridgehead atoms. The summed E-state index contributed by atoms with van der Waals surface area (Å²) < 4.78 is 1.09. The minimum absolute atomic E-state index is 0.710. The molecule has 58 valence electrons. The molecule has 0 aromatic rings. The van der Waals surface area contributed by atoms with Crippen molar-refractivity contribution in [3.8, 4) is 0 Å². The molecule has 0 saturated heterocycles. The van der Waals surface area contributed by atoms with Gasteiger partial charge in [0.1, 0.15) is 4.62 Å². The zero-order chi connectivity index (χ0) is 7.56. The van der Waals surface area contributed by atoms with E-state index in [2.05, 4.69) is 39.9 Å². The summed E-state index contributed by atoms with van der Waals surface area (Å²) in [5.74, 6) is 0.710. The summed E-state index contributed by atoms with van der Waals surface area (Å²) in [5.41, 5.74) is 0. The van der Waals surface area contributed by atoms with Gasteiger partial charge in [0.2, 0.25) is 0 Å². The lowest BCUT2D eigenvalue weighted by atomic mass is 10.2. The Balaban J connectivity index is 2.31. The minimum atomic E-state index is 0.710. The smallest absolute Gasteiger partial charge is 0.105 e. The lowest BCUT2D eigenvalue weighted by Gasteiger charge is -2.15. The summed E-state index contributed by atoms with van der Waals surface area (Å²) in [6.07, 6.45) is 1.08. The van der Waals surface area contributed by atoms with Gasteiger partial charge in [-0.25, -0.2) is 0 Å². The minimum Gasteiger partial charge on any atom is -0.296 e. The molecular formula is C7H13BrN2. The molecule has 0 spiro atoms. The van der Waals surface area contributed by atoms with E-state index in [4.69, 9.17) is 0 Å². The SMILES string of the molecule is CC(C)CN1CCC(Br)=N1. The number of hydrogen-bond donors (Lipinski definition) is 0. The Hall–Kier alpha value is -0.0500. The molecule has 1 rings (SSSR count). The zero-order valence-electron chi connectivity index (χ0n) is 6.47. The first kappa shape index (κ1) is 8.05. The van der Waals surface area contributed by atoms with Crippen molar-refractivity contribution in [3.05, 3.63) is 0 Å². The molecule has 0 saturated carbocycles. The lowest BCUT2D eigenvalue weighted by Crippen LogP contribution is -2.19. The Bertz CT molecular complexity index is 143. The van der Waals surface area contributed by atoms with E-state index in [-0.39, 0.29) is 0 Å². The summed E-state index contributed by atoms with van der Waals surface area (Å²) in [7, 11) is 0. The van der Waals surface area contributed by atoms with Crippen LogP contribution in [0.3, 0.4) is 0 Å². The van der Waals surface area contributed by atoms with Gasteiger partial charge >= 0.3 is 0 Å². The zero-order valence-corrected chi connectivity index (χ0v) is 8.06. The highest BCUT2D eigenvalue weighted by atomic mass is 79.9. The third-order valence-electron chi connectivity index (χ3n) is 1.40. The number of hydrogen-bond acceptors (Lipinski definition) is 2. The van der Waals surface area contributed by atoms with Gasteiger partial charge < -0.3 is 0 Å². The van der Waals surface area contributed by atoms with Crippen molar-refractivity contribution in [2.45, 2.75) is 20.3 Å². The summed E-state index contributed by atoms with van der Waals surface area (Å²) in [6.45, 7) is 6.58. The fourth-order valence-electron chi connectivity index (χ4n) is 1.03. The van der Waals surface area contributed by atoms with Gasteiger partial charge in [0.25, 0.3) is 0 Å². The van der Waals surface area contributed by atoms with Gasteiger partial charge in [-0.1, -0.05) is 13.8 Å². The van der Waals surface area contributed by atoms with Crippen molar-refractivity contribution in [2.75, 3.05) is 13.1 Å². The molecule has 10 heavy (non-hydrogen) atoms. The Morgan fingerprint density at radius 2 is 2.40 bits per heavy atom. The van der Waals surface area contributed by atoms with Crippen molar-refractivity contribution in [1.82, 2.24) is 5.01 Å². The molecule has 0 unspecified atom stereocenters. The van der Waals surface area contributed by atoms with E-state index < -0.39 is 0 Å². The molecule has 0 radical (unpaired) electrons. The first-order chi connectivity index (χ1) is 4.68. The fourth-order valence-corrected chi connectivity index (χ4v) is 1.43. The maximum Gasteiger partial charge on any atom is 0.105 e. The molecular weight excluding hydrogens is 192 g/mol. The highest BCUT2D eigenvalue weighted by Gasteiger charge is 2.11. The predicted molar refractivity (Wildman–Crippen MR) is 47.4 cm³/mol. The van der Waals surface area contributed by atoms with Crippen LogP contribution < -0.4 is 0 Å². The molecule has 1 heterocycles. The topological polar surface area (TPSA) is 15.6 Å². The van der Waals surface area contributed by atoms with Crippen molar-refractivity contribution in [2.24, 2.45) is 11.0 Å². The Labute approximate surface area is 70.4 Å². The summed E-state index contributed by atoms with van der Waals surface area (Å²) in [4.78, 5) is 0. The molecule has 0 amide bonds. The van der Waals surface area contributed by atoms with E-state index in [0.717, 1.165) is 24.1 Å². The van der Waals surface area contributed by atoms with E-state index >= 15 is 0 Å². The van der Waals surface area contributed by atoms with Crippen molar-refractivity contribution < 1.29 is 0 Å². The average molecular weight is 205 g/mol. The van der Waals surface area contributed by atoms with Gasteiger partial charge in [0.05, 0.1) is 0 Å². The molecule has 1 aliphatic heterocycles. The Kier molecular flexibility index (Phi) is 2.72. The first-order valence-corrected chi connectivity index (χ1v) is 4.45. The van der Waals surface area contributed by atoms with Crippen LogP contribution in [0.1, 0.15) is 20.3 Å². The molecule has 0 atom stereocenters. The van der Waals surface area contributed by atoms with Crippen LogP contribution in [-0.4, -0.2) is 22.7 Å². The molecule has 0 fully saturated rings. The number of nitrogens with zero attached hydrogens (tertiary/aromatic N) is 2. The summed E-state index contributed by atoms with van der Waals surface area (Å²) in [6, 6.07) is 0. The van der Waals surface area contributed by atoms with Gasteiger partial charge in [-0.3, -0.25) is 5.01 Å². The van der Waals surface area contributed by atoms with Crippen LogP contribution in [0, 0.1) is 5.92 Å². The largest absolute Gasteiger partial charge is 0.296 e. The Morgan fingerprint density at radius 1 is 1.70 bits per heavy atom. The van der Waals surface area contributed by atoms with Crippen molar-refractivity contribution >= 4 is 20.6 Å². The van der Waals surface area contributed by atoms with Crippen LogP contribution in [0.5, 0.6) is 0 Å². The third-order valence-corrected chi connectivity index (χ3v) is 1.96. The maximum absolute atomic E-state index is 4.30. The van der Waals surface area contributed by atoms with Crippen LogP contribution in [-0.2, 0) is 0 Å². The summed E-state index contributed by atoms with van der Waals surface area (Å²) >= 11 is 3.38. The van der Waals surface area contributed by atoms with E-state index in [1.165, 1.54) is 0 Å². The fraction of sp³-hybridized carbons (Fsp3) is 0.857. The molecule has 0 aliphatic carbocycles. The van der Waals surface area contributed by atoms with Gasteiger partial charge in [0.15, 0.2) is 0 Å². The third kappa shape index (κ3) is 2.29. The number of rotatable bonds is 2. The van der Waals surface area contributed by atoms with Gasteiger partial charge in [0, 0.05) is 19.5 Å². The monoisotopic (exact) mass is 204 g/mol. The molecule has 0 aromatic heterocycles. The van der Waals surface area contributed by atoms with Gasteiger partial charge in [-0.15, -0.1) is 0 Å². The standard InChI is InChI=1S/C7H13BrN2/c1-6(2)5-10-4-3-7(8)9-10/h6H,3-5H2,1-2H3. The highest BCUT2D eigenvalue weighted by molar-refractivity contribution is 9.18. The Morgan fingerprint density at radius 3 is 2.80 bits per heavy atom. The predicted octanol–water partition coefficient (Wildman–Crippen LogP) is 2.06. The van der Waals surface area contributed by atoms with Crippen LogP contribution in [0.15, 0.2) is 5.10 Å².